The number of fused-ring (bicyclic) bond motifs is 1. The normalized spacial score (nSPS) is 23.6. The Balaban J connectivity index is 1.99. The summed E-state index contributed by atoms with van der Waals surface area (Å²) in [5, 5.41) is 11.9. The van der Waals surface area contributed by atoms with Crippen LogP contribution in [0.15, 0.2) is 30.5 Å². The fraction of sp³-hybridized carbons (Fsp3) is 0.429. The molecule has 1 aromatic carbocycles. The zero-order valence-electron chi connectivity index (χ0n) is 10.7. The third kappa shape index (κ3) is 2.21. The standard InChI is InChI=1S/C14H17N3O2/c15-11-2-5-12(6-3-11)16-8-7-10-1-4-13(17(18)19)9-14(10)16/h1,4,7-9,11-12H,2-3,5-6,15H2/t11-,12-. The van der Waals surface area contributed by atoms with Crippen molar-refractivity contribution in [1.82, 2.24) is 4.57 Å². The average Bonchev–Trinajstić information content (AvgIpc) is 2.82. The summed E-state index contributed by atoms with van der Waals surface area (Å²) in [6, 6.07) is 7.80. The van der Waals surface area contributed by atoms with Crippen LogP contribution in [0.4, 0.5) is 5.69 Å². The quantitative estimate of drug-likeness (QED) is 0.665. The highest BCUT2D eigenvalue weighted by molar-refractivity contribution is 5.82. The molecule has 1 aliphatic rings. The summed E-state index contributed by atoms with van der Waals surface area (Å²) in [5.41, 5.74) is 7.03. The molecule has 1 aliphatic carbocycles. The maximum atomic E-state index is 10.9. The molecule has 2 N–H and O–H groups in total. The molecule has 0 radical (unpaired) electrons. The Hall–Kier alpha value is -1.88. The predicted molar refractivity (Wildman–Crippen MR) is 74.1 cm³/mol. The second kappa shape index (κ2) is 4.66. The van der Waals surface area contributed by atoms with Crippen molar-refractivity contribution in [2.45, 2.75) is 37.8 Å². The number of nitrogens with zero attached hydrogens (tertiary/aromatic N) is 2. The molecule has 0 unspecified atom stereocenters. The maximum Gasteiger partial charge on any atom is 0.271 e. The lowest BCUT2D eigenvalue weighted by molar-refractivity contribution is -0.384. The molecule has 5 nitrogen and oxygen atoms in total. The molecule has 5 heteroatoms. The van der Waals surface area contributed by atoms with Crippen molar-refractivity contribution < 1.29 is 4.92 Å². The number of nitro groups is 1. The number of nitrogens with two attached hydrogens (primary N) is 1. The van der Waals surface area contributed by atoms with Gasteiger partial charge in [0.05, 0.1) is 10.4 Å². The van der Waals surface area contributed by atoms with Crippen LogP contribution in [0.1, 0.15) is 31.7 Å². The van der Waals surface area contributed by atoms with E-state index in [0.29, 0.717) is 12.1 Å². The van der Waals surface area contributed by atoms with E-state index in [1.54, 1.807) is 12.1 Å². The number of non-ortho nitro benzene ring substituents is 1. The Morgan fingerprint density at radius 1 is 1.21 bits per heavy atom. The van der Waals surface area contributed by atoms with Gasteiger partial charge in [-0.15, -0.1) is 0 Å². The number of hydrogen-bond acceptors (Lipinski definition) is 3. The topological polar surface area (TPSA) is 74.1 Å². The van der Waals surface area contributed by atoms with Gasteiger partial charge in [-0.1, -0.05) is 0 Å². The van der Waals surface area contributed by atoms with E-state index in [-0.39, 0.29) is 10.6 Å². The molecule has 1 aromatic heterocycles. The van der Waals surface area contributed by atoms with Crippen LogP contribution in [0, 0.1) is 10.1 Å². The van der Waals surface area contributed by atoms with Gasteiger partial charge < -0.3 is 10.3 Å². The first-order chi connectivity index (χ1) is 9.15. The van der Waals surface area contributed by atoms with E-state index < -0.39 is 0 Å². The predicted octanol–water partition coefficient (Wildman–Crippen LogP) is 2.99. The van der Waals surface area contributed by atoms with E-state index in [2.05, 4.69) is 4.57 Å². The SMILES string of the molecule is N[C@H]1CC[C@H](n2ccc3ccc([N+](=O)[O-])cc32)CC1. The highest BCUT2D eigenvalue weighted by Crippen LogP contribution is 2.32. The maximum absolute atomic E-state index is 10.9. The van der Waals surface area contributed by atoms with Crippen LogP contribution in [0.2, 0.25) is 0 Å². The van der Waals surface area contributed by atoms with Gasteiger partial charge in [-0.3, -0.25) is 10.1 Å². The summed E-state index contributed by atoms with van der Waals surface area (Å²) < 4.78 is 2.17. The summed E-state index contributed by atoms with van der Waals surface area (Å²) in [7, 11) is 0. The van der Waals surface area contributed by atoms with Gasteiger partial charge in [0.15, 0.2) is 0 Å². The summed E-state index contributed by atoms with van der Waals surface area (Å²) >= 11 is 0. The number of aromatic nitrogens is 1. The summed E-state index contributed by atoms with van der Waals surface area (Å²) in [6.45, 7) is 0. The van der Waals surface area contributed by atoms with Gasteiger partial charge in [0.1, 0.15) is 0 Å². The van der Waals surface area contributed by atoms with Gasteiger partial charge in [0, 0.05) is 35.8 Å². The van der Waals surface area contributed by atoms with Crippen LogP contribution in [0.3, 0.4) is 0 Å². The van der Waals surface area contributed by atoms with E-state index in [4.69, 9.17) is 5.73 Å². The minimum atomic E-state index is -0.340. The zero-order chi connectivity index (χ0) is 13.4. The smallest absolute Gasteiger partial charge is 0.271 e. The van der Waals surface area contributed by atoms with Gasteiger partial charge >= 0.3 is 0 Å². The summed E-state index contributed by atoms with van der Waals surface area (Å²) in [5.74, 6) is 0. The lowest BCUT2D eigenvalue weighted by Gasteiger charge is -2.28. The highest BCUT2D eigenvalue weighted by atomic mass is 16.6. The van der Waals surface area contributed by atoms with E-state index in [9.17, 15) is 10.1 Å². The van der Waals surface area contributed by atoms with Gasteiger partial charge in [0.25, 0.3) is 5.69 Å². The summed E-state index contributed by atoms with van der Waals surface area (Å²) in [6.07, 6.45) is 6.19. The van der Waals surface area contributed by atoms with Crippen LogP contribution in [0.25, 0.3) is 10.9 Å². The fourth-order valence-corrected chi connectivity index (χ4v) is 2.95. The molecule has 1 fully saturated rings. The van der Waals surface area contributed by atoms with Crippen molar-refractivity contribution in [1.29, 1.82) is 0 Å². The molecule has 2 aromatic rings. The molecule has 0 atom stereocenters. The van der Waals surface area contributed by atoms with Gasteiger partial charge in [-0.2, -0.15) is 0 Å². The largest absolute Gasteiger partial charge is 0.344 e. The van der Waals surface area contributed by atoms with Crippen molar-refractivity contribution >= 4 is 16.6 Å². The van der Waals surface area contributed by atoms with Crippen LogP contribution < -0.4 is 5.73 Å². The van der Waals surface area contributed by atoms with Gasteiger partial charge in [-0.25, -0.2) is 0 Å². The molecule has 1 saturated carbocycles. The number of rotatable bonds is 2. The lowest BCUT2D eigenvalue weighted by atomic mass is 9.91. The molecule has 0 aliphatic heterocycles. The van der Waals surface area contributed by atoms with Crippen LogP contribution in [-0.2, 0) is 0 Å². The van der Waals surface area contributed by atoms with E-state index in [1.807, 2.05) is 18.3 Å². The van der Waals surface area contributed by atoms with Crippen molar-refractivity contribution in [3.8, 4) is 0 Å². The number of benzene rings is 1. The first-order valence-corrected chi connectivity index (χ1v) is 6.66. The third-order valence-electron chi connectivity index (χ3n) is 4.05. The first-order valence-electron chi connectivity index (χ1n) is 6.66. The van der Waals surface area contributed by atoms with E-state index >= 15 is 0 Å². The van der Waals surface area contributed by atoms with Crippen molar-refractivity contribution in [2.24, 2.45) is 5.73 Å². The first kappa shape index (κ1) is 12.2. The van der Waals surface area contributed by atoms with Crippen molar-refractivity contribution in [2.75, 3.05) is 0 Å². The van der Waals surface area contributed by atoms with Gasteiger partial charge in [-0.05, 0) is 37.8 Å². The molecule has 0 spiro atoms. The van der Waals surface area contributed by atoms with E-state index in [1.165, 1.54) is 0 Å². The van der Waals surface area contributed by atoms with Crippen molar-refractivity contribution in [3.05, 3.63) is 40.6 Å². The molecular weight excluding hydrogens is 242 g/mol. The lowest BCUT2D eigenvalue weighted by Crippen LogP contribution is -2.27. The van der Waals surface area contributed by atoms with Crippen molar-refractivity contribution in [3.63, 3.8) is 0 Å². The molecule has 3 rings (SSSR count). The zero-order valence-corrected chi connectivity index (χ0v) is 10.7. The Bertz CT molecular complexity index is 612. The Morgan fingerprint density at radius 2 is 1.95 bits per heavy atom. The second-order valence-corrected chi connectivity index (χ2v) is 5.29. The average molecular weight is 259 g/mol. The molecule has 0 saturated heterocycles. The molecule has 0 bridgehead atoms. The fourth-order valence-electron chi connectivity index (χ4n) is 2.95. The molecular formula is C14H17N3O2. The minimum absolute atomic E-state index is 0.153. The van der Waals surface area contributed by atoms with Gasteiger partial charge in [0.2, 0.25) is 0 Å². The second-order valence-electron chi connectivity index (χ2n) is 5.29. The molecule has 1 heterocycles. The molecule has 19 heavy (non-hydrogen) atoms. The minimum Gasteiger partial charge on any atom is -0.344 e. The Labute approximate surface area is 111 Å². The number of hydrogen-bond donors (Lipinski definition) is 1. The number of nitro benzene ring substituents is 1. The monoisotopic (exact) mass is 259 g/mol. The third-order valence-corrected chi connectivity index (χ3v) is 4.05. The van der Waals surface area contributed by atoms with Crippen LogP contribution >= 0.6 is 0 Å². The van der Waals surface area contributed by atoms with E-state index in [0.717, 1.165) is 36.6 Å². The van der Waals surface area contributed by atoms with Crippen LogP contribution in [0.5, 0.6) is 0 Å². The van der Waals surface area contributed by atoms with Crippen LogP contribution in [-0.4, -0.2) is 15.5 Å². The molecule has 100 valence electrons. The molecule has 0 amide bonds. The highest BCUT2D eigenvalue weighted by Gasteiger charge is 2.21. The summed E-state index contributed by atoms with van der Waals surface area (Å²) in [4.78, 5) is 10.5. The Kier molecular flexibility index (Phi) is 2.98. The Morgan fingerprint density at radius 3 is 2.63 bits per heavy atom.